The van der Waals surface area contributed by atoms with Crippen molar-refractivity contribution in [2.24, 2.45) is 0 Å². The van der Waals surface area contributed by atoms with Gasteiger partial charge in [-0.25, -0.2) is 4.98 Å². The van der Waals surface area contributed by atoms with Gasteiger partial charge in [-0.2, -0.15) is 0 Å². The molecule has 1 rings (SSSR count). The number of methoxy groups -OCH3 is 1. The van der Waals surface area contributed by atoms with Crippen molar-refractivity contribution in [2.45, 2.75) is 23.8 Å². The van der Waals surface area contributed by atoms with Crippen LogP contribution < -0.4 is 5.56 Å². The molecule has 18 heavy (non-hydrogen) atoms. The maximum absolute atomic E-state index is 11.6. The number of nitrogens with one attached hydrogen (secondary N) is 1. The van der Waals surface area contributed by atoms with Crippen LogP contribution in [0, 0.1) is 0 Å². The van der Waals surface area contributed by atoms with E-state index in [0.29, 0.717) is 5.16 Å². The molecular weight excluding hydrogens is 260 g/mol. The Hall–Kier alpha value is -1.38. The number of hydrogen-bond acceptors (Lipinski definition) is 7. The van der Waals surface area contributed by atoms with Crippen LogP contribution in [0.15, 0.2) is 16.1 Å². The number of hydrogen-bond donors (Lipinski definition) is 3. The summed E-state index contributed by atoms with van der Waals surface area (Å²) >= 11 is 1.24. The topological polar surface area (TPSA) is 113 Å². The zero-order valence-corrected chi connectivity index (χ0v) is 10.7. The number of aliphatic hydroxyl groups excluding tert-OH is 2. The fourth-order valence-corrected chi connectivity index (χ4v) is 1.63. The predicted molar refractivity (Wildman–Crippen MR) is 64.2 cm³/mol. The summed E-state index contributed by atoms with van der Waals surface area (Å²) < 4.78 is 4.36. The molecular formula is C10H14N2O5S. The second-order valence-electron chi connectivity index (χ2n) is 3.47. The Labute approximate surface area is 107 Å². The van der Waals surface area contributed by atoms with Crippen molar-refractivity contribution in [2.75, 3.05) is 13.4 Å². The van der Waals surface area contributed by atoms with E-state index in [1.165, 1.54) is 25.1 Å². The summed E-state index contributed by atoms with van der Waals surface area (Å²) in [6.07, 6.45) is -0.394. The van der Waals surface area contributed by atoms with Gasteiger partial charge in [0.2, 0.25) is 0 Å². The lowest BCUT2D eigenvalue weighted by Crippen LogP contribution is -2.28. The van der Waals surface area contributed by atoms with E-state index in [9.17, 15) is 19.8 Å². The van der Waals surface area contributed by atoms with Crippen LogP contribution >= 0.6 is 11.8 Å². The van der Waals surface area contributed by atoms with Gasteiger partial charge in [-0.1, -0.05) is 11.8 Å². The van der Waals surface area contributed by atoms with Crippen molar-refractivity contribution in [3.8, 4) is 0 Å². The fourth-order valence-electron chi connectivity index (χ4n) is 1.28. The van der Waals surface area contributed by atoms with Gasteiger partial charge >= 0.3 is 5.97 Å². The highest BCUT2D eigenvalue weighted by Gasteiger charge is 2.24. The number of nitrogens with zero attached hydrogens (tertiary/aromatic N) is 1. The lowest BCUT2D eigenvalue weighted by atomic mass is 10.1. The largest absolute Gasteiger partial charge is 0.469 e. The van der Waals surface area contributed by atoms with Gasteiger partial charge in [-0.15, -0.1) is 0 Å². The number of aliphatic hydroxyl groups is 2. The molecule has 2 unspecified atom stereocenters. The molecule has 0 spiro atoms. The lowest BCUT2D eigenvalue weighted by molar-refractivity contribution is -0.144. The van der Waals surface area contributed by atoms with E-state index in [4.69, 9.17) is 0 Å². The third-order valence-electron chi connectivity index (χ3n) is 2.28. The minimum atomic E-state index is -1.49. The van der Waals surface area contributed by atoms with Gasteiger partial charge in [-0.3, -0.25) is 9.59 Å². The molecule has 0 aliphatic rings. The monoisotopic (exact) mass is 274 g/mol. The van der Waals surface area contributed by atoms with Gasteiger partial charge < -0.3 is 19.9 Å². The number of esters is 1. The third-order valence-corrected chi connectivity index (χ3v) is 2.88. The highest BCUT2D eigenvalue weighted by molar-refractivity contribution is 7.98. The maximum atomic E-state index is 11.6. The number of ether oxygens (including phenoxy) is 1. The molecule has 0 bridgehead atoms. The predicted octanol–water partition coefficient (Wildman–Crippen LogP) is -0.551. The number of H-pyrrole nitrogens is 1. The maximum Gasteiger partial charge on any atom is 0.308 e. The fraction of sp³-hybridized carbons (Fsp3) is 0.500. The SMILES string of the molecule is COC(=O)CC(O)C(O)c1cnc(SC)[nH]c1=O. The summed E-state index contributed by atoms with van der Waals surface area (Å²) in [5.74, 6) is -0.674. The average molecular weight is 274 g/mol. The zero-order chi connectivity index (χ0) is 13.7. The van der Waals surface area contributed by atoms with Gasteiger partial charge in [0, 0.05) is 6.20 Å². The van der Waals surface area contributed by atoms with Gasteiger partial charge in [0.1, 0.15) is 6.10 Å². The molecule has 0 aliphatic heterocycles. The van der Waals surface area contributed by atoms with E-state index in [2.05, 4.69) is 14.7 Å². The Bertz CT molecular complexity index is 476. The highest BCUT2D eigenvalue weighted by atomic mass is 32.2. The van der Waals surface area contributed by atoms with E-state index in [1.54, 1.807) is 6.26 Å². The normalized spacial score (nSPS) is 14.0. The molecule has 100 valence electrons. The van der Waals surface area contributed by atoms with E-state index in [0.717, 1.165) is 0 Å². The summed E-state index contributed by atoms with van der Waals surface area (Å²) in [6.45, 7) is 0. The van der Waals surface area contributed by atoms with Crippen molar-refractivity contribution in [1.29, 1.82) is 0 Å². The number of aromatic nitrogens is 2. The molecule has 0 saturated carbocycles. The molecule has 0 saturated heterocycles. The Morgan fingerprint density at radius 1 is 1.61 bits per heavy atom. The van der Waals surface area contributed by atoms with Crippen molar-refractivity contribution in [1.82, 2.24) is 9.97 Å². The summed E-state index contributed by atoms with van der Waals surface area (Å²) in [4.78, 5) is 28.9. The Morgan fingerprint density at radius 2 is 2.28 bits per heavy atom. The van der Waals surface area contributed by atoms with Gasteiger partial charge in [0.15, 0.2) is 5.16 Å². The van der Waals surface area contributed by atoms with E-state index >= 15 is 0 Å². The molecule has 0 fully saturated rings. The molecule has 0 aliphatic carbocycles. The first kappa shape index (κ1) is 14.7. The Balaban J connectivity index is 2.86. The summed E-state index contributed by atoms with van der Waals surface area (Å²) in [7, 11) is 1.17. The molecule has 1 heterocycles. The molecule has 0 amide bonds. The van der Waals surface area contributed by atoms with E-state index in [-0.39, 0.29) is 5.56 Å². The second-order valence-corrected chi connectivity index (χ2v) is 4.26. The van der Waals surface area contributed by atoms with Crippen molar-refractivity contribution < 1.29 is 19.7 Å². The first-order valence-corrected chi connectivity index (χ1v) is 6.28. The van der Waals surface area contributed by atoms with Gasteiger partial charge in [0.05, 0.1) is 25.2 Å². The third kappa shape index (κ3) is 3.56. The quantitative estimate of drug-likeness (QED) is 0.375. The molecule has 0 radical (unpaired) electrons. The van der Waals surface area contributed by atoms with Gasteiger partial charge in [0.25, 0.3) is 5.56 Å². The first-order valence-electron chi connectivity index (χ1n) is 5.05. The number of carbonyl (C=O) groups excluding carboxylic acids is 1. The standard InChI is InChI=1S/C10H14N2O5S/c1-17-7(14)3-6(13)8(15)5-4-11-10(18-2)12-9(5)16/h4,6,8,13,15H,3H2,1-2H3,(H,11,12,16). The zero-order valence-electron chi connectivity index (χ0n) is 9.91. The van der Waals surface area contributed by atoms with E-state index in [1.807, 2.05) is 0 Å². The van der Waals surface area contributed by atoms with Gasteiger partial charge in [-0.05, 0) is 6.26 Å². The van der Waals surface area contributed by atoms with Crippen molar-refractivity contribution >= 4 is 17.7 Å². The molecule has 1 aromatic heterocycles. The molecule has 0 aromatic carbocycles. The van der Waals surface area contributed by atoms with Crippen LogP contribution in [0.3, 0.4) is 0 Å². The van der Waals surface area contributed by atoms with E-state index < -0.39 is 30.2 Å². The highest BCUT2D eigenvalue weighted by Crippen LogP contribution is 2.16. The first-order chi connectivity index (χ1) is 8.49. The average Bonchev–Trinajstić information content (AvgIpc) is 2.37. The number of thioether (sulfide) groups is 1. The number of aromatic amines is 1. The number of rotatable bonds is 5. The van der Waals surface area contributed by atoms with Crippen LogP contribution in [-0.2, 0) is 9.53 Å². The van der Waals surface area contributed by atoms with Crippen LogP contribution in [-0.4, -0.2) is 45.6 Å². The van der Waals surface area contributed by atoms with Crippen LogP contribution in [0.2, 0.25) is 0 Å². The lowest BCUT2D eigenvalue weighted by Gasteiger charge is -2.16. The summed E-state index contributed by atoms with van der Waals surface area (Å²) in [5, 5.41) is 19.7. The molecule has 3 N–H and O–H groups in total. The Morgan fingerprint density at radius 3 is 2.78 bits per heavy atom. The van der Waals surface area contributed by atoms with Crippen molar-refractivity contribution in [3.63, 3.8) is 0 Å². The minimum Gasteiger partial charge on any atom is -0.469 e. The van der Waals surface area contributed by atoms with Crippen molar-refractivity contribution in [3.05, 3.63) is 22.1 Å². The minimum absolute atomic E-state index is 0.0933. The summed E-state index contributed by atoms with van der Waals surface area (Å²) in [5.41, 5.74) is -0.644. The summed E-state index contributed by atoms with van der Waals surface area (Å²) in [6, 6.07) is 0. The van der Waals surface area contributed by atoms with Crippen LogP contribution in [0.5, 0.6) is 0 Å². The molecule has 8 heteroatoms. The number of carbonyl (C=O) groups is 1. The molecule has 2 atom stereocenters. The van der Waals surface area contributed by atoms with Crippen LogP contribution in [0.4, 0.5) is 0 Å². The Kier molecular flexibility index (Phi) is 5.32. The smallest absolute Gasteiger partial charge is 0.308 e. The van der Waals surface area contributed by atoms with Crippen LogP contribution in [0.1, 0.15) is 18.1 Å². The second kappa shape index (κ2) is 6.53. The van der Waals surface area contributed by atoms with Crippen LogP contribution in [0.25, 0.3) is 0 Å². The molecule has 7 nitrogen and oxygen atoms in total. The molecule has 1 aromatic rings.